The molecule has 0 saturated carbocycles. The second-order valence-electron chi connectivity index (χ2n) is 4.24. The summed E-state index contributed by atoms with van der Waals surface area (Å²) in [6, 6.07) is 11.6. The van der Waals surface area contributed by atoms with Gasteiger partial charge in [-0.15, -0.1) is 22.9 Å². The molecule has 3 nitrogen and oxygen atoms in total. The number of para-hydroxylation sites is 1. The molecular weight excluding hydrogens is 313 g/mol. The average Bonchev–Trinajstić information content (AvgIpc) is 3.03. The lowest BCUT2D eigenvalue weighted by atomic mass is 10.2. The van der Waals surface area contributed by atoms with Crippen LogP contribution in [0.3, 0.4) is 0 Å². The minimum absolute atomic E-state index is 0.304. The van der Waals surface area contributed by atoms with Crippen LogP contribution in [0.1, 0.15) is 16.3 Å². The van der Waals surface area contributed by atoms with Crippen molar-refractivity contribution in [2.75, 3.05) is 0 Å². The fourth-order valence-corrected chi connectivity index (χ4v) is 3.44. The van der Waals surface area contributed by atoms with Gasteiger partial charge in [-0.25, -0.2) is 4.98 Å². The summed E-state index contributed by atoms with van der Waals surface area (Å²) in [6.45, 7) is 0.658. The largest absolute Gasteiger partial charge is 0.322 e. The molecule has 2 aromatic heterocycles. The summed E-state index contributed by atoms with van der Waals surface area (Å²) in [4.78, 5) is 5.61. The zero-order valence-electron chi connectivity index (χ0n) is 10.3. The molecule has 0 radical (unpaired) electrons. The van der Waals surface area contributed by atoms with Crippen molar-refractivity contribution in [2.45, 2.75) is 12.4 Å². The van der Waals surface area contributed by atoms with Gasteiger partial charge < -0.3 is 4.57 Å². The molecule has 100 valence electrons. The van der Waals surface area contributed by atoms with E-state index in [1.807, 2.05) is 28.8 Å². The van der Waals surface area contributed by atoms with E-state index >= 15 is 0 Å². The number of alkyl halides is 1. The van der Waals surface area contributed by atoms with E-state index in [1.165, 1.54) is 11.3 Å². The number of imidazole rings is 1. The van der Waals surface area contributed by atoms with Gasteiger partial charge in [0.05, 0.1) is 27.8 Å². The Morgan fingerprint density at radius 1 is 1.30 bits per heavy atom. The quantitative estimate of drug-likeness (QED) is 0.670. The second-order valence-corrected chi connectivity index (χ2v) is 6.31. The SMILES string of the molecule is N#Cc1cccc2c1nc(CCl)n2Cc1ccc(Cl)s1. The molecule has 0 unspecified atom stereocenters. The highest BCUT2D eigenvalue weighted by molar-refractivity contribution is 7.16. The predicted molar refractivity (Wildman–Crippen MR) is 82.4 cm³/mol. The Morgan fingerprint density at radius 2 is 2.15 bits per heavy atom. The van der Waals surface area contributed by atoms with E-state index in [4.69, 9.17) is 28.5 Å². The van der Waals surface area contributed by atoms with Gasteiger partial charge in [-0.2, -0.15) is 5.26 Å². The molecule has 3 aromatic rings. The number of hydrogen-bond acceptors (Lipinski definition) is 3. The normalized spacial score (nSPS) is 10.8. The summed E-state index contributed by atoms with van der Waals surface area (Å²) in [5.41, 5.74) is 2.19. The summed E-state index contributed by atoms with van der Waals surface area (Å²) in [7, 11) is 0. The summed E-state index contributed by atoms with van der Waals surface area (Å²) in [5.74, 6) is 1.06. The number of hydrogen-bond donors (Lipinski definition) is 0. The van der Waals surface area contributed by atoms with Crippen LogP contribution >= 0.6 is 34.5 Å². The summed E-state index contributed by atoms with van der Waals surface area (Å²) >= 11 is 13.5. The Hall–Kier alpha value is -1.54. The third-order valence-corrected chi connectivity index (χ3v) is 4.50. The number of benzene rings is 1. The van der Waals surface area contributed by atoms with Crippen molar-refractivity contribution in [3.63, 3.8) is 0 Å². The van der Waals surface area contributed by atoms with Crippen molar-refractivity contribution in [2.24, 2.45) is 0 Å². The summed E-state index contributed by atoms with van der Waals surface area (Å²) < 4.78 is 2.79. The molecule has 2 heterocycles. The zero-order valence-corrected chi connectivity index (χ0v) is 12.6. The molecule has 0 aliphatic rings. The van der Waals surface area contributed by atoms with Crippen molar-refractivity contribution < 1.29 is 0 Å². The Balaban J connectivity index is 2.16. The molecule has 0 amide bonds. The van der Waals surface area contributed by atoms with Crippen LogP contribution in [0.2, 0.25) is 4.34 Å². The van der Waals surface area contributed by atoms with E-state index in [-0.39, 0.29) is 0 Å². The highest BCUT2D eigenvalue weighted by Gasteiger charge is 2.13. The topological polar surface area (TPSA) is 41.6 Å². The summed E-state index contributed by atoms with van der Waals surface area (Å²) in [5, 5.41) is 9.15. The Kier molecular flexibility index (Phi) is 3.66. The minimum atomic E-state index is 0.304. The van der Waals surface area contributed by atoms with Crippen LogP contribution in [-0.2, 0) is 12.4 Å². The highest BCUT2D eigenvalue weighted by Crippen LogP contribution is 2.26. The smallest absolute Gasteiger partial charge is 0.125 e. The number of rotatable bonds is 3. The minimum Gasteiger partial charge on any atom is -0.322 e. The molecule has 0 atom stereocenters. The molecule has 0 aliphatic carbocycles. The fraction of sp³-hybridized carbons (Fsp3) is 0.143. The maximum absolute atomic E-state index is 9.15. The lowest BCUT2D eigenvalue weighted by Crippen LogP contribution is -2.02. The molecule has 0 spiro atoms. The van der Waals surface area contributed by atoms with Gasteiger partial charge in [0.1, 0.15) is 17.4 Å². The van der Waals surface area contributed by atoms with Crippen LogP contribution in [0.4, 0.5) is 0 Å². The molecular formula is C14H9Cl2N3S. The predicted octanol–water partition coefficient (Wildman–Crippen LogP) is 4.41. The zero-order chi connectivity index (χ0) is 14.1. The van der Waals surface area contributed by atoms with Crippen LogP contribution in [0.15, 0.2) is 30.3 Å². The standard InChI is InChI=1S/C14H9Cl2N3S/c15-6-13-18-14-9(7-17)2-1-3-11(14)19(13)8-10-4-5-12(16)20-10/h1-5H,6,8H2. The highest BCUT2D eigenvalue weighted by atomic mass is 35.5. The van der Waals surface area contributed by atoms with Crippen molar-refractivity contribution >= 4 is 45.6 Å². The van der Waals surface area contributed by atoms with Crippen LogP contribution in [0.5, 0.6) is 0 Å². The molecule has 3 rings (SSSR count). The summed E-state index contributed by atoms with van der Waals surface area (Å²) in [6.07, 6.45) is 0. The van der Waals surface area contributed by atoms with E-state index in [2.05, 4.69) is 11.1 Å². The van der Waals surface area contributed by atoms with Gasteiger partial charge in [0, 0.05) is 4.88 Å². The first-order chi connectivity index (χ1) is 9.72. The van der Waals surface area contributed by atoms with E-state index < -0.39 is 0 Å². The van der Waals surface area contributed by atoms with Crippen LogP contribution in [0, 0.1) is 11.3 Å². The van der Waals surface area contributed by atoms with Crippen LogP contribution in [0.25, 0.3) is 11.0 Å². The van der Waals surface area contributed by atoms with Crippen molar-refractivity contribution in [3.8, 4) is 6.07 Å². The van der Waals surface area contributed by atoms with Crippen LogP contribution < -0.4 is 0 Å². The molecule has 0 aliphatic heterocycles. The molecule has 0 fully saturated rings. The first-order valence-corrected chi connectivity index (χ1v) is 7.64. The number of nitriles is 1. The van der Waals surface area contributed by atoms with Gasteiger partial charge in [0.25, 0.3) is 0 Å². The van der Waals surface area contributed by atoms with Gasteiger partial charge in [0.2, 0.25) is 0 Å². The van der Waals surface area contributed by atoms with E-state index in [9.17, 15) is 0 Å². The van der Waals surface area contributed by atoms with Gasteiger partial charge in [-0.1, -0.05) is 17.7 Å². The third-order valence-electron chi connectivity index (χ3n) is 3.04. The first-order valence-electron chi connectivity index (χ1n) is 5.91. The molecule has 0 bridgehead atoms. The number of halogens is 2. The van der Waals surface area contributed by atoms with E-state index in [1.54, 1.807) is 6.07 Å². The number of thiophene rings is 1. The lowest BCUT2D eigenvalue weighted by molar-refractivity contribution is 0.789. The van der Waals surface area contributed by atoms with Crippen molar-refractivity contribution in [3.05, 3.63) is 50.9 Å². The Bertz CT molecular complexity index is 814. The third kappa shape index (κ3) is 2.29. The molecule has 0 saturated heterocycles. The average molecular weight is 322 g/mol. The first kappa shape index (κ1) is 13.4. The van der Waals surface area contributed by atoms with Gasteiger partial charge >= 0.3 is 0 Å². The molecule has 0 N–H and O–H groups in total. The molecule has 20 heavy (non-hydrogen) atoms. The monoisotopic (exact) mass is 321 g/mol. The van der Waals surface area contributed by atoms with Gasteiger partial charge in [-0.3, -0.25) is 0 Å². The van der Waals surface area contributed by atoms with Crippen molar-refractivity contribution in [1.82, 2.24) is 9.55 Å². The second kappa shape index (κ2) is 5.45. The number of fused-ring (bicyclic) bond motifs is 1. The maximum Gasteiger partial charge on any atom is 0.125 e. The van der Waals surface area contributed by atoms with Gasteiger partial charge in [0.15, 0.2) is 0 Å². The number of aromatic nitrogens is 2. The Labute approximate surface area is 130 Å². The van der Waals surface area contributed by atoms with E-state index in [0.29, 0.717) is 23.5 Å². The van der Waals surface area contributed by atoms with Crippen molar-refractivity contribution in [1.29, 1.82) is 5.26 Å². The van der Waals surface area contributed by atoms with Gasteiger partial charge in [-0.05, 0) is 24.3 Å². The molecule has 1 aromatic carbocycles. The molecule has 6 heteroatoms. The van der Waals surface area contributed by atoms with E-state index in [0.717, 1.165) is 20.6 Å². The number of nitrogens with zero attached hydrogens (tertiary/aromatic N) is 3. The lowest BCUT2D eigenvalue weighted by Gasteiger charge is -2.05. The van der Waals surface area contributed by atoms with Crippen LogP contribution in [-0.4, -0.2) is 9.55 Å². The fourth-order valence-electron chi connectivity index (χ4n) is 2.16. The Morgan fingerprint density at radius 3 is 2.80 bits per heavy atom. The maximum atomic E-state index is 9.15.